The van der Waals surface area contributed by atoms with Crippen molar-refractivity contribution in [2.45, 2.75) is 38.7 Å². The van der Waals surface area contributed by atoms with E-state index in [-0.39, 0.29) is 17.5 Å². The normalized spacial score (nSPS) is 27.2. The van der Waals surface area contributed by atoms with Gasteiger partial charge in [-0.2, -0.15) is 0 Å². The van der Waals surface area contributed by atoms with E-state index >= 15 is 0 Å². The molecule has 0 saturated heterocycles. The number of rotatable bonds is 2. The van der Waals surface area contributed by atoms with Gasteiger partial charge in [0, 0.05) is 6.42 Å². The van der Waals surface area contributed by atoms with Crippen LogP contribution < -0.4 is 0 Å². The van der Waals surface area contributed by atoms with Crippen molar-refractivity contribution in [1.82, 2.24) is 0 Å². The van der Waals surface area contributed by atoms with Crippen molar-refractivity contribution in [2.24, 2.45) is 5.41 Å². The molecule has 2 aromatic carbocycles. The number of aromatic hydroxyl groups is 1. The molecule has 3 atom stereocenters. The Labute approximate surface area is 124 Å². The lowest BCUT2D eigenvalue weighted by atomic mass is 9.71. The van der Waals surface area contributed by atoms with Gasteiger partial charge in [-0.1, -0.05) is 24.3 Å². The van der Waals surface area contributed by atoms with Crippen LogP contribution in [0.4, 0.5) is 0 Å². The monoisotopic (exact) mass is 284 g/mol. The summed E-state index contributed by atoms with van der Waals surface area (Å²) in [7, 11) is 0. The second kappa shape index (κ2) is 4.85. The van der Waals surface area contributed by atoms with Gasteiger partial charge in [-0.05, 0) is 54.7 Å². The third-order valence-electron chi connectivity index (χ3n) is 5.10. The van der Waals surface area contributed by atoms with Gasteiger partial charge >= 0.3 is 0 Å². The second-order valence-electron chi connectivity index (χ2n) is 6.26. The molecule has 1 saturated carbocycles. The van der Waals surface area contributed by atoms with Crippen molar-refractivity contribution in [3.05, 3.63) is 42.0 Å². The molecule has 21 heavy (non-hydrogen) atoms. The molecule has 0 amide bonds. The molecule has 2 aromatic rings. The fourth-order valence-electron chi connectivity index (χ4n) is 3.54. The lowest BCUT2D eigenvalue weighted by Gasteiger charge is -2.33. The predicted octanol–water partition coefficient (Wildman–Crippen LogP) is 3.38. The molecule has 2 N–H and O–H groups in total. The van der Waals surface area contributed by atoms with Crippen LogP contribution in [0.3, 0.4) is 0 Å². The van der Waals surface area contributed by atoms with E-state index in [0.717, 1.165) is 22.8 Å². The Morgan fingerprint density at radius 3 is 2.57 bits per heavy atom. The average Bonchev–Trinajstić information content (AvgIpc) is 2.76. The van der Waals surface area contributed by atoms with E-state index in [1.165, 1.54) is 0 Å². The molecule has 1 aliphatic carbocycles. The average molecular weight is 284 g/mol. The Hall–Kier alpha value is -1.87. The first kappa shape index (κ1) is 14.1. The molecule has 3 heteroatoms. The van der Waals surface area contributed by atoms with Gasteiger partial charge in [0.05, 0.1) is 11.5 Å². The SMILES string of the molecule is CC(O)[C@]1(C)C(=O)CCC1c1ccc2cc(O)ccc2c1. The van der Waals surface area contributed by atoms with Crippen LogP contribution in [0.1, 0.15) is 38.2 Å². The van der Waals surface area contributed by atoms with Gasteiger partial charge in [0.25, 0.3) is 0 Å². The Bertz CT molecular complexity index is 705. The van der Waals surface area contributed by atoms with E-state index in [0.29, 0.717) is 6.42 Å². The standard InChI is InChI=1S/C18H20O3/c1-11(19)18(2)16(7-8-17(18)21)14-4-3-13-10-15(20)6-5-12(13)9-14/h3-6,9-11,16,19-20H,7-8H2,1-2H3/t11?,16?,18-/m0/s1. The highest BCUT2D eigenvalue weighted by Crippen LogP contribution is 2.49. The highest BCUT2D eigenvalue weighted by atomic mass is 16.3. The zero-order valence-corrected chi connectivity index (χ0v) is 12.3. The molecule has 1 fully saturated rings. The molecule has 2 unspecified atom stereocenters. The Kier molecular flexibility index (Phi) is 3.25. The summed E-state index contributed by atoms with van der Waals surface area (Å²) in [6, 6.07) is 11.3. The third-order valence-corrected chi connectivity index (χ3v) is 5.10. The topological polar surface area (TPSA) is 57.5 Å². The number of hydrogen-bond donors (Lipinski definition) is 2. The van der Waals surface area contributed by atoms with Crippen molar-refractivity contribution in [1.29, 1.82) is 0 Å². The van der Waals surface area contributed by atoms with Crippen LogP contribution in [0.15, 0.2) is 36.4 Å². The first-order valence-corrected chi connectivity index (χ1v) is 7.37. The van der Waals surface area contributed by atoms with E-state index in [1.807, 2.05) is 25.1 Å². The van der Waals surface area contributed by atoms with Crippen LogP contribution in [-0.4, -0.2) is 22.1 Å². The van der Waals surface area contributed by atoms with Gasteiger partial charge in [0.15, 0.2) is 0 Å². The predicted molar refractivity (Wildman–Crippen MR) is 82.4 cm³/mol. The van der Waals surface area contributed by atoms with Crippen LogP contribution in [0.5, 0.6) is 5.75 Å². The van der Waals surface area contributed by atoms with Gasteiger partial charge in [0.1, 0.15) is 11.5 Å². The molecule has 0 aliphatic heterocycles. The van der Waals surface area contributed by atoms with Gasteiger partial charge in [0.2, 0.25) is 0 Å². The summed E-state index contributed by atoms with van der Waals surface area (Å²) in [4.78, 5) is 12.2. The minimum absolute atomic E-state index is 0.0446. The quantitative estimate of drug-likeness (QED) is 0.889. The second-order valence-corrected chi connectivity index (χ2v) is 6.26. The van der Waals surface area contributed by atoms with Crippen LogP contribution in [0.2, 0.25) is 0 Å². The number of carbonyl (C=O) groups excluding carboxylic acids is 1. The number of phenolic OH excluding ortho intramolecular Hbond substituents is 1. The highest BCUT2D eigenvalue weighted by Gasteiger charge is 2.49. The molecular formula is C18H20O3. The zero-order valence-electron chi connectivity index (χ0n) is 12.3. The summed E-state index contributed by atoms with van der Waals surface area (Å²) in [6.07, 6.45) is 0.650. The number of ketones is 1. The molecule has 1 aliphatic rings. The summed E-state index contributed by atoms with van der Waals surface area (Å²) in [5.74, 6) is 0.441. The molecule has 0 heterocycles. The number of fused-ring (bicyclic) bond motifs is 1. The van der Waals surface area contributed by atoms with Crippen LogP contribution in [0.25, 0.3) is 10.8 Å². The number of phenols is 1. The maximum absolute atomic E-state index is 12.2. The molecule has 0 aromatic heterocycles. The van der Waals surface area contributed by atoms with E-state index < -0.39 is 11.5 Å². The summed E-state index contributed by atoms with van der Waals surface area (Å²) in [5.41, 5.74) is 0.382. The minimum atomic E-state index is -0.704. The van der Waals surface area contributed by atoms with E-state index in [4.69, 9.17) is 0 Å². The summed E-state index contributed by atoms with van der Waals surface area (Å²) in [5, 5.41) is 21.6. The molecule has 110 valence electrons. The van der Waals surface area contributed by atoms with Gasteiger partial charge < -0.3 is 10.2 Å². The lowest BCUT2D eigenvalue weighted by molar-refractivity contribution is -0.130. The summed E-state index contributed by atoms with van der Waals surface area (Å²) >= 11 is 0. The summed E-state index contributed by atoms with van der Waals surface area (Å²) < 4.78 is 0. The maximum atomic E-state index is 12.2. The van der Waals surface area contributed by atoms with E-state index in [2.05, 4.69) is 6.07 Å². The Balaban J connectivity index is 2.08. The molecule has 0 spiro atoms. The van der Waals surface area contributed by atoms with Crippen molar-refractivity contribution >= 4 is 16.6 Å². The minimum Gasteiger partial charge on any atom is -0.508 e. The number of carbonyl (C=O) groups is 1. The maximum Gasteiger partial charge on any atom is 0.141 e. The number of aliphatic hydroxyl groups excluding tert-OH is 1. The number of benzene rings is 2. The van der Waals surface area contributed by atoms with Gasteiger partial charge in [-0.25, -0.2) is 0 Å². The first-order chi connectivity index (χ1) is 9.92. The first-order valence-electron chi connectivity index (χ1n) is 7.37. The molecular weight excluding hydrogens is 264 g/mol. The van der Waals surface area contributed by atoms with E-state index in [9.17, 15) is 15.0 Å². The fourth-order valence-corrected chi connectivity index (χ4v) is 3.54. The molecule has 3 nitrogen and oxygen atoms in total. The number of Topliss-reactive ketones (excluding diaryl/α,β-unsaturated/α-hetero) is 1. The van der Waals surface area contributed by atoms with Crippen molar-refractivity contribution in [2.75, 3.05) is 0 Å². The zero-order chi connectivity index (χ0) is 15.2. The highest BCUT2D eigenvalue weighted by molar-refractivity contribution is 5.90. The molecule has 0 radical (unpaired) electrons. The van der Waals surface area contributed by atoms with Crippen molar-refractivity contribution in [3.63, 3.8) is 0 Å². The largest absolute Gasteiger partial charge is 0.508 e. The smallest absolute Gasteiger partial charge is 0.141 e. The lowest BCUT2D eigenvalue weighted by Crippen LogP contribution is -2.38. The van der Waals surface area contributed by atoms with E-state index in [1.54, 1.807) is 19.1 Å². The van der Waals surface area contributed by atoms with Crippen molar-refractivity contribution < 1.29 is 15.0 Å². The van der Waals surface area contributed by atoms with Crippen LogP contribution >= 0.6 is 0 Å². The number of aliphatic hydroxyl groups is 1. The van der Waals surface area contributed by atoms with Gasteiger partial charge in [-0.15, -0.1) is 0 Å². The van der Waals surface area contributed by atoms with Crippen LogP contribution in [0, 0.1) is 5.41 Å². The van der Waals surface area contributed by atoms with Gasteiger partial charge in [-0.3, -0.25) is 4.79 Å². The molecule has 0 bridgehead atoms. The summed E-state index contributed by atoms with van der Waals surface area (Å²) in [6.45, 7) is 3.58. The Morgan fingerprint density at radius 2 is 1.86 bits per heavy atom. The Morgan fingerprint density at radius 1 is 1.19 bits per heavy atom. The van der Waals surface area contributed by atoms with Crippen LogP contribution in [-0.2, 0) is 4.79 Å². The van der Waals surface area contributed by atoms with Crippen molar-refractivity contribution in [3.8, 4) is 5.75 Å². The fraction of sp³-hybridized carbons (Fsp3) is 0.389. The molecule has 3 rings (SSSR count). The third kappa shape index (κ3) is 2.12. The number of hydrogen-bond acceptors (Lipinski definition) is 3.